The van der Waals surface area contributed by atoms with E-state index in [1.807, 2.05) is 18.2 Å². The third-order valence-corrected chi connectivity index (χ3v) is 3.80. The summed E-state index contributed by atoms with van der Waals surface area (Å²) in [6, 6.07) is 9.05. The number of ether oxygens (including phenoxy) is 1. The lowest BCUT2D eigenvalue weighted by Crippen LogP contribution is -2.31. The normalized spacial score (nSPS) is 11.9. The van der Waals surface area contributed by atoms with Gasteiger partial charge in [0, 0.05) is 12.5 Å². The number of sulfonamides is 1. The van der Waals surface area contributed by atoms with Crippen LogP contribution in [0.5, 0.6) is 0 Å². The third-order valence-electron chi connectivity index (χ3n) is 2.32. The van der Waals surface area contributed by atoms with E-state index in [0.717, 1.165) is 15.3 Å². The van der Waals surface area contributed by atoms with Gasteiger partial charge in [-0.2, -0.15) is 4.31 Å². The van der Waals surface area contributed by atoms with Crippen LogP contribution in [0.4, 0.5) is 0 Å². The van der Waals surface area contributed by atoms with Gasteiger partial charge in [0.1, 0.15) is 6.54 Å². The van der Waals surface area contributed by atoms with Crippen molar-refractivity contribution in [2.24, 2.45) is 0 Å². The molecular formula is C13H17NO4S. The molecule has 0 amide bonds. The minimum absolute atomic E-state index is 0.229. The van der Waals surface area contributed by atoms with Gasteiger partial charge in [-0.1, -0.05) is 30.3 Å². The Morgan fingerprint density at radius 3 is 2.53 bits per heavy atom. The number of likely N-dealkylation sites (N-methyl/N-ethyl adjacent to an activating group) is 1. The summed E-state index contributed by atoms with van der Waals surface area (Å²) in [5, 5.41) is 1.07. The molecule has 0 heterocycles. The summed E-state index contributed by atoms with van der Waals surface area (Å²) in [5.74, 6) is -0.568. The first-order valence-corrected chi connectivity index (χ1v) is 7.31. The molecule has 1 rings (SSSR count). The minimum Gasteiger partial charge on any atom is -0.465 e. The molecule has 0 aliphatic heterocycles. The molecule has 0 spiro atoms. The molecule has 0 aromatic heterocycles. The Hall–Kier alpha value is -1.66. The molecule has 0 radical (unpaired) electrons. The maximum absolute atomic E-state index is 11.9. The fourth-order valence-corrected chi connectivity index (χ4v) is 2.13. The summed E-state index contributed by atoms with van der Waals surface area (Å²) in [6.45, 7) is 1.60. The molecule has 0 fully saturated rings. The van der Waals surface area contributed by atoms with Crippen molar-refractivity contribution in [3.05, 3.63) is 41.3 Å². The van der Waals surface area contributed by atoms with Crippen LogP contribution in [0.1, 0.15) is 12.5 Å². The van der Waals surface area contributed by atoms with Crippen LogP contribution in [0.25, 0.3) is 6.08 Å². The largest absolute Gasteiger partial charge is 0.465 e. The van der Waals surface area contributed by atoms with Gasteiger partial charge in [0.2, 0.25) is 10.0 Å². The maximum atomic E-state index is 11.9. The van der Waals surface area contributed by atoms with Crippen molar-refractivity contribution in [3.63, 3.8) is 0 Å². The van der Waals surface area contributed by atoms with Crippen LogP contribution < -0.4 is 0 Å². The summed E-state index contributed by atoms with van der Waals surface area (Å²) in [4.78, 5) is 11.2. The molecule has 104 valence electrons. The predicted octanol–water partition coefficient (Wildman–Crippen LogP) is 1.48. The molecule has 1 aromatic carbocycles. The van der Waals surface area contributed by atoms with Crippen LogP contribution in [0.3, 0.4) is 0 Å². The van der Waals surface area contributed by atoms with Crippen LogP contribution in [0, 0.1) is 0 Å². The Labute approximate surface area is 113 Å². The van der Waals surface area contributed by atoms with Gasteiger partial charge < -0.3 is 4.74 Å². The van der Waals surface area contributed by atoms with Crippen molar-refractivity contribution in [2.75, 3.05) is 20.2 Å². The smallest absolute Gasteiger partial charge is 0.321 e. The van der Waals surface area contributed by atoms with Gasteiger partial charge in [0.05, 0.1) is 6.61 Å². The standard InChI is InChI=1S/C13H17NO4S/c1-3-18-13(15)11-14(2)19(16,17)10-9-12-7-5-4-6-8-12/h4-10H,3,11H2,1-2H3/b10-9+. The summed E-state index contributed by atoms with van der Waals surface area (Å²) < 4.78 is 29.4. The van der Waals surface area contributed by atoms with Gasteiger partial charge in [-0.3, -0.25) is 4.79 Å². The van der Waals surface area contributed by atoms with Crippen LogP contribution in [-0.4, -0.2) is 38.9 Å². The first-order chi connectivity index (χ1) is 8.95. The number of nitrogens with zero attached hydrogens (tertiary/aromatic N) is 1. The van der Waals surface area contributed by atoms with E-state index in [0.29, 0.717) is 0 Å². The van der Waals surface area contributed by atoms with Crippen LogP contribution >= 0.6 is 0 Å². The number of hydrogen-bond donors (Lipinski definition) is 0. The average molecular weight is 283 g/mol. The van der Waals surface area contributed by atoms with Crippen LogP contribution in [-0.2, 0) is 19.6 Å². The SMILES string of the molecule is CCOC(=O)CN(C)S(=O)(=O)/C=C/c1ccccc1. The fraction of sp³-hybridized carbons (Fsp3) is 0.308. The first kappa shape index (κ1) is 15.4. The van der Waals surface area contributed by atoms with Crippen molar-refractivity contribution >= 4 is 22.1 Å². The van der Waals surface area contributed by atoms with Crippen molar-refractivity contribution in [3.8, 4) is 0 Å². The summed E-state index contributed by atoms with van der Waals surface area (Å²) >= 11 is 0. The van der Waals surface area contributed by atoms with Crippen molar-refractivity contribution in [1.82, 2.24) is 4.31 Å². The molecule has 1 aromatic rings. The number of rotatable bonds is 6. The third kappa shape index (κ3) is 5.23. The molecule has 0 saturated carbocycles. The lowest BCUT2D eigenvalue weighted by molar-refractivity contribution is -0.143. The fourth-order valence-electron chi connectivity index (χ4n) is 1.31. The second-order valence-electron chi connectivity index (χ2n) is 3.82. The second-order valence-corrected chi connectivity index (χ2v) is 5.74. The molecule has 0 unspecified atom stereocenters. The highest BCUT2D eigenvalue weighted by Gasteiger charge is 2.18. The summed E-state index contributed by atoms with van der Waals surface area (Å²) in [7, 11) is -2.29. The van der Waals surface area contributed by atoms with E-state index in [1.165, 1.54) is 13.1 Å². The highest BCUT2D eigenvalue weighted by atomic mass is 32.2. The first-order valence-electron chi connectivity index (χ1n) is 5.81. The molecule has 5 nitrogen and oxygen atoms in total. The Kier molecular flexibility index (Phi) is 5.72. The van der Waals surface area contributed by atoms with Crippen molar-refractivity contribution in [1.29, 1.82) is 0 Å². The highest BCUT2D eigenvalue weighted by molar-refractivity contribution is 7.92. The number of carbonyl (C=O) groups is 1. The second kappa shape index (κ2) is 7.06. The molecule has 0 atom stereocenters. The quantitative estimate of drug-likeness (QED) is 0.742. The van der Waals surface area contributed by atoms with Gasteiger partial charge in [0.15, 0.2) is 0 Å². The molecular weight excluding hydrogens is 266 g/mol. The van der Waals surface area contributed by atoms with Gasteiger partial charge in [0.25, 0.3) is 0 Å². The van der Waals surface area contributed by atoms with Gasteiger partial charge in [-0.25, -0.2) is 8.42 Å². The molecule has 0 aliphatic carbocycles. The van der Waals surface area contributed by atoms with Crippen molar-refractivity contribution < 1.29 is 17.9 Å². The van der Waals surface area contributed by atoms with E-state index < -0.39 is 16.0 Å². The van der Waals surface area contributed by atoms with E-state index in [-0.39, 0.29) is 13.2 Å². The van der Waals surface area contributed by atoms with Crippen LogP contribution in [0.15, 0.2) is 35.7 Å². The van der Waals surface area contributed by atoms with E-state index in [2.05, 4.69) is 0 Å². The Morgan fingerprint density at radius 2 is 1.95 bits per heavy atom. The molecule has 6 heteroatoms. The summed E-state index contributed by atoms with van der Waals surface area (Å²) in [5.41, 5.74) is 0.774. The Morgan fingerprint density at radius 1 is 1.32 bits per heavy atom. The topological polar surface area (TPSA) is 63.7 Å². The Balaban J connectivity index is 2.70. The lowest BCUT2D eigenvalue weighted by atomic mass is 10.2. The monoisotopic (exact) mass is 283 g/mol. The number of esters is 1. The molecule has 0 N–H and O–H groups in total. The molecule has 0 bridgehead atoms. The van der Waals surface area contributed by atoms with Gasteiger partial charge in [-0.15, -0.1) is 0 Å². The molecule has 19 heavy (non-hydrogen) atoms. The summed E-state index contributed by atoms with van der Waals surface area (Å²) in [6.07, 6.45) is 1.48. The number of hydrogen-bond acceptors (Lipinski definition) is 4. The van der Waals surface area contributed by atoms with Crippen molar-refractivity contribution in [2.45, 2.75) is 6.92 Å². The Bertz CT molecular complexity index is 537. The maximum Gasteiger partial charge on any atom is 0.321 e. The zero-order valence-electron chi connectivity index (χ0n) is 10.9. The van der Waals surface area contributed by atoms with Gasteiger partial charge in [-0.05, 0) is 18.6 Å². The van der Waals surface area contributed by atoms with E-state index in [4.69, 9.17) is 4.74 Å². The number of carbonyl (C=O) groups excluding carboxylic acids is 1. The zero-order chi connectivity index (χ0) is 14.3. The number of benzene rings is 1. The predicted molar refractivity (Wildman–Crippen MR) is 73.7 cm³/mol. The van der Waals surface area contributed by atoms with E-state index in [9.17, 15) is 13.2 Å². The van der Waals surface area contributed by atoms with E-state index >= 15 is 0 Å². The lowest BCUT2D eigenvalue weighted by Gasteiger charge is -2.13. The molecule has 0 saturated heterocycles. The van der Waals surface area contributed by atoms with E-state index in [1.54, 1.807) is 19.1 Å². The highest BCUT2D eigenvalue weighted by Crippen LogP contribution is 2.06. The van der Waals surface area contributed by atoms with Crippen LogP contribution in [0.2, 0.25) is 0 Å². The van der Waals surface area contributed by atoms with Gasteiger partial charge >= 0.3 is 5.97 Å². The zero-order valence-corrected chi connectivity index (χ0v) is 11.8. The minimum atomic E-state index is -3.62. The molecule has 0 aliphatic rings. The average Bonchev–Trinajstić information content (AvgIpc) is 2.38.